The first kappa shape index (κ1) is 16.5. The maximum absolute atomic E-state index is 13.9. The topological polar surface area (TPSA) is 58.4 Å². The van der Waals surface area contributed by atoms with Crippen LogP contribution in [0.4, 0.5) is 4.39 Å². The van der Waals surface area contributed by atoms with Gasteiger partial charge in [-0.1, -0.05) is 31.3 Å². The van der Waals surface area contributed by atoms with Gasteiger partial charge in [0.25, 0.3) is 0 Å². The summed E-state index contributed by atoms with van der Waals surface area (Å²) < 4.78 is 13.9. The third-order valence-electron chi connectivity index (χ3n) is 2.76. The number of carbonyl (C=O) groups excluding carboxylic acids is 1. The zero-order valence-electron chi connectivity index (χ0n) is 11.8. The third kappa shape index (κ3) is 5.22. The molecule has 0 spiro atoms. The second-order valence-corrected chi connectivity index (χ2v) is 5.13. The van der Waals surface area contributed by atoms with E-state index in [2.05, 4.69) is 5.32 Å². The van der Waals surface area contributed by atoms with Gasteiger partial charge in [0.15, 0.2) is 0 Å². The predicted molar refractivity (Wildman–Crippen MR) is 81.9 cm³/mol. The Morgan fingerprint density at radius 3 is 2.75 bits per heavy atom. The van der Waals surface area contributed by atoms with Gasteiger partial charge in [0.1, 0.15) is 10.8 Å². The lowest BCUT2D eigenvalue weighted by Gasteiger charge is -2.17. The molecular weight excluding hydrogens is 277 g/mol. The Labute approximate surface area is 124 Å². The average molecular weight is 297 g/mol. The highest BCUT2D eigenvalue weighted by Gasteiger charge is 2.10. The molecule has 0 saturated carbocycles. The first-order valence-electron chi connectivity index (χ1n) is 6.47. The van der Waals surface area contributed by atoms with Crippen LogP contribution in [0.15, 0.2) is 18.2 Å². The standard InChI is InChI=1S/C14H20FN3OS/c1-3-6-17-13(19)9-18(2)8-11-5-4-10(14(16)20)7-12(11)15/h4-5,7H,3,6,8-9H2,1-2H3,(H2,16,20)(H,17,19). The molecule has 0 radical (unpaired) electrons. The number of nitrogens with two attached hydrogens (primary N) is 1. The molecule has 1 amide bonds. The lowest BCUT2D eigenvalue weighted by molar-refractivity contribution is -0.122. The molecule has 0 heterocycles. The molecule has 0 aliphatic carbocycles. The normalized spacial score (nSPS) is 10.6. The van der Waals surface area contributed by atoms with Gasteiger partial charge in [-0.15, -0.1) is 0 Å². The number of likely N-dealkylation sites (N-methyl/N-ethyl adjacent to an activating group) is 1. The molecular formula is C14H20FN3OS. The molecule has 0 unspecified atom stereocenters. The van der Waals surface area contributed by atoms with E-state index in [1.807, 2.05) is 6.92 Å². The van der Waals surface area contributed by atoms with E-state index in [1.165, 1.54) is 6.07 Å². The van der Waals surface area contributed by atoms with E-state index in [0.717, 1.165) is 6.42 Å². The van der Waals surface area contributed by atoms with Crippen molar-refractivity contribution in [2.75, 3.05) is 20.1 Å². The van der Waals surface area contributed by atoms with Crippen LogP contribution in [0.25, 0.3) is 0 Å². The lowest BCUT2D eigenvalue weighted by atomic mass is 10.1. The fraction of sp³-hybridized carbons (Fsp3) is 0.429. The first-order valence-corrected chi connectivity index (χ1v) is 6.88. The maximum atomic E-state index is 13.9. The van der Waals surface area contributed by atoms with Gasteiger partial charge < -0.3 is 11.1 Å². The molecule has 1 aromatic rings. The average Bonchev–Trinajstić information content (AvgIpc) is 2.38. The molecule has 0 bridgehead atoms. The molecule has 3 N–H and O–H groups in total. The van der Waals surface area contributed by atoms with Gasteiger partial charge in [-0.05, 0) is 19.5 Å². The van der Waals surface area contributed by atoms with Crippen molar-refractivity contribution in [3.05, 3.63) is 35.1 Å². The van der Waals surface area contributed by atoms with Crippen LogP contribution in [0.2, 0.25) is 0 Å². The largest absolute Gasteiger partial charge is 0.389 e. The minimum absolute atomic E-state index is 0.0606. The smallest absolute Gasteiger partial charge is 0.234 e. The van der Waals surface area contributed by atoms with Crippen LogP contribution in [-0.2, 0) is 11.3 Å². The van der Waals surface area contributed by atoms with Crippen molar-refractivity contribution in [2.24, 2.45) is 5.73 Å². The highest BCUT2D eigenvalue weighted by atomic mass is 32.1. The molecule has 1 rings (SSSR count). The SMILES string of the molecule is CCCNC(=O)CN(C)Cc1ccc(C(N)=S)cc1F. The predicted octanol–water partition coefficient (Wildman–Crippen LogP) is 1.42. The number of nitrogens with zero attached hydrogens (tertiary/aromatic N) is 1. The van der Waals surface area contributed by atoms with Crippen LogP contribution >= 0.6 is 12.2 Å². The molecule has 20 heavy (non-hydrogen) atoms. The van der Waals surface area contributed by atoms with E-state index in [1.54, 1.807) is 24.1 Å². The number of rotatable bonds is 7. The summed E-state index contributed by atoms with van der Waals surface area (Å²) in [5, 5.41) is 2.78. The first-order chi connectivity index (χ1) is 9.43. The fourth-order valence-electron chi connectivity index (χ4n) is 1.74. The second-order valence-electron chi connectivity index (χ2n) is 4.69. The molecule has 110 valence electrons. The van der Waals surface area contributed by atoms with Crippen molar-refractivity contribution in [3.63, 3.8) is 0 Å². The number of nitrogens with one attached hydrogen (secondary N) is 1. The van der Waals surface area contributed by atoms with E-state index in [0.29, 0.717) is 24.2 Å². The van der Waals surface area contributed by atoms with E-state index >= 15 is 0 Å². The van der Waals surface area contributed by atoms with Gasteiger partial charge in [-0.3, -0.25) is 9.69 Å². The van der Waals surface area contributed by atoms with Crippen molar-refractivity contribution in [1.29, 1.82) is 0 Å². The number of amides is 1. The van der Waals surface area contributed by atoms with Gasteiger partial charge in [-0.25, -0.2) is 4.39 Å². The number of hydrogen-bond donors (Lipinski definition) is 2. The summed E-state index contributed by atoms with van der Waals surface area (Å²) in [6, 6.07) is 4.65. The maximum Gasteiger partial charge on any atom is 0.234 e. The van der Waals surface area contributed by atoms with E-state index < -0.39 is 0 Å². The molecule has 0 aliphatic heterocycles. The van der Waals surface area contributed by atoms with Gasteiger partial charge >= 0.3 is 0 Å². The van der Waals surface area contributed by atoms with Crippen molar-refractivity contribution in [2.45, 2.75) is 19.9 Å². The molecule has 0 saturated heterocycles. The molecule has 0 aliphatic rings. The second kappa shape index (κ2) is 7.91. The van der Waals surface area contributed by atoms with Crippen molar-refractivity contribution in [3.8, 4) is 0 Å². The Hall–Kier alpha value is -1.53. The van der Waals surface area contributed by atoms with Crippen LogP contribution in [0.3, 0.4) is 0 Å². The number of carbonyl (C=O) groups is 1. The summed E-state index contributed by atoms with van der Waals surface area (Å²) in [4.78, 5) is 13.5. The summed E-state index contributed by atoms with van der Waals surface area (Å²) in [5.41, 5.74) is 6.46. The minimum atomic E-state index is -0.365. The highest BCUT2D eigenvalue weighted by molar-refractivity contribution is 7.80. The van der Waals surface area contributed by atoms with Crippen LogP contribution in [0, 0.1) is 5.82 Å². The monoisotopic (exact) mass is 297 g/mol. The number of thiocarbonyl (C=S) groups is 1. The summed E-state index contributed by atoms with van der Waals surface area (Å²) in [6.07, 6.45) is 0.893. The van der Waals surface area contributed by atoms with Gasteiger partial charge in [0.2, 0.25) is 5.91 Å². The summed E-state index contributed by atoms with van der Waals surface area (Å²) >= 11 is 4.80. The van der Waals surface area contributed by atoms with Crippen molar-refractivity contribution >= 4 is 23.1 Å². The van der Waals surface area contributed by atoms with E-state index in [9.17, 15) is 9.18 Å². The van der Waals surface area contributed by atoms with Crippen molar-refractivity contribution < 1.29 is 9.18 Å². The molecule has 0 aromatic heterocycles. The third-order valence-corrected chi connectivity index (χ3v) is 3.00. The molecule has 6 heteroatoms. The minimum Gasteiger partial charge on any atom is -0.389 e. The Morgan fingerprint density at radius 1 is 1.50 bits per heavy atom. The molecule has 0 fully saturated rings. The van der Waals surface area contributed by atoms with E-state index in [4.69, 9.17) is 18.0 Å². The molecule has 0 atom stereocenters. The zero-order chi connectivity index (χ0) is 15.1. The molecule has 4 nitrogen and oxygen atoms in total. The van der Waals surface area contributed by atoms with Gasteiger partial charge in [-0.2, -0.15) is 0 Å². The van der Waals surface area contributed by atoms with Crippen LogP contribution in [-0.4, -0.2) is 35.9 Å². The summed E-state index contributed by atoms with van der Waals surface area (Å²) in [7, 11) is 1.77. The van der Waals surface area contributed by atoms with Crippen LogP contribution < -0.4 is 11.1 Å². The van der Waals surface area contributed by atoms with E-state index in [-0.39, 0.29) is 23.3 Å². The van der Waals surface area contributed by atoms with Crippen molar-refractivity contribution in [1.82, 2.24) is 10.2 Å². The van der Waals surface area contributed by atoms with Gasteiger partial charge in [0.05, 0.1) is 6.54 Å². The Kier molecular flexibility index (Phi) is 6.54. The Bertz CT molecular complexity index is 493. The summed E-state index contributed by atoms with van der Waals surface area (Å²) in [6.45, 7) is 3.23. The number of hydrogen-bond acceptors (Lipinski definition) is 3. The van der Waals surface area contributed by atoms with Crippen LogP contribution in [0.5, 0.6) is 0 Å². The summed E-state index contributed by atoms with van der Waals surface area (Å²) in [5.74, 6) is -0.425. The number of benzene rings is 1. The Balaban J connectivity index is 2.59. The zero-order valence-corrected chi connectivity index (χ0v) is 12.6. The van der Waals surface area contributed by atoms with Crippen LogP contribution in [0.1, 0.15) is 24.5 Å². The molecule has 1 aromatic carbocycles. The lowest BCUT2D eigenvalue weighted by Crippen LogP contribution is -2.35. The quantitative estimate of drug-likeness (QED) is 0.747. The Morgan fingerprint density at radius 2 is 2.20 bits per heavy atom. The fourth-order valence-corrected chi connectivity index (χ4v) is 1.87. The number of halogens is 1. The highest BCUT2D eigenvalue weighted by Crippen LogP contribution is 2.12. The van der Waals surface area contributed by atoms with Gasteiger partial charge in [0, 0.05) is 24.2 Å².